The molecular weight excluding hydrogens is 386 g/mol. The lowest BCUT2D eigenvalue weighted by Crippen LogP contribution is -2.03. The third kappa shape index (κ3) is 4.67. The van der Waals surface area contributed by atoms with E-state index in [4.69, 9.17) is 5.11 Å². The van der Waals surface area contributed by atoms with Crippen LogP contribution in [0.3, 0.4) is 0 Å². The van der Waals surface area contributed by atoms with Crippen LogP contribution in [0.25, 0.3) is 11.5 Å². The number of carboxylic acid groups (broad SMARTS) is 1. The lowest BCUT2D eigenvalue weighted by molar-refractivity contribution is 0.0702. The van der Waals surface area contributed by atoms with Crippen molar-refractivity contribution in [1.82, 2.24) is 24.9 Å². The molecule has 0 saturated carbocycles. The van der Waals surface area contributed by atoms with Crippen molar-refractivity contribution < 1.29 is 9.90 Å². The maximum atomic E-state index is 11.0. The van der Waals surface area contributed by atoms with Gasteiger partial charge in [-0.25, -0.2) is 29.7 Å². The van der Waals surface area contributed by atoms with Gasteiger partial charge in [-0.05, 0) is 48.2 Å². The summed E-state index contributed by atoms with van der Waals surface area (Å²) in [6, 6.07) is 11.1. The molecule has 0 fully saturated rings. The van der Waals surface area contributed by atoms with E-state index in [1.54, 1.807) is 18.5 Å². The summed E-state index contributed by atoms with van der Waals surface area (Å²) in [5, 5.41) is 10.9. The van der Waals surface area contributed by atoms with Gasteiger partial charge in [-0.15, -0.1) is 11.3 Å². The van der Waals surface area contributed by atoms with Crippen molar-refractivity contribution in [2.24, 2.45) is 0 Å². The molecule has 4 aromatic heterocycles. The lowest BCUT2D eigenvalue weighted by Gasteiger charge is -2.05. The Morgan fingerprint density at radius 3 is 2.55 bits per heavy atom. The SMILES string of the molecule is Cc1cccc(-c2nccc(Cc3ccnc(Cc4csc(C(=O)O)c4)n3)n2)n1. The molecule has 0 aliphatic rings. The van der Waals surface area contributed by atoms with E-state index in [1.165, 1.54) is 11.3 Å². The molecule has 0 radical (unpaired) electrons. The van der Waals surface area contributed by atoms with E-state index < -0.39 is 5.97 Å². The average Bonchev–Trinajstić information content (AvgIpc) is 3.17. The van der Waals surface area contributed by atoms with Crippen LogP contribution in [0.1, 0.15) is 38.1 Å². The molecule has 1 N–H and O–H groups in total. The lowest BCUT2D eigenvalue weighted by atomic mass is 10.2. The van der Waals surface area contributed by atoms with E-state index in [2.05, 4.69) is 24.9 Å². The van der Waals surface area contributed by atoms with Gasteiger partial charge in [0.05, 0.1) is 11.4 Å². The topological polar surface area (TPSA) is 102 Å². The number of thiophene rings is 1. The molecule has 0 amide bonds. The van der Waals surface area contributed by atoms with E-state index in [0.717, 1.165) is 28.3 Å². The number of carbonyl (C=O) groups is 1. The van der Waals surface area contributed by atoms with Gasteiger partial charge < -0.3 is 5.11 Å². The van der Waals surface area contributed by atoms with Crippen LogP contribution in [-0.4, -0.2) is 36.0 Å². The van der Waals surface area contributed by atoms with Gasteiger partial charge in [0.1, 0.15) is 16.4 Å². The van der Waals surface area contributed by atoms with Gasteiger partial charge >= 0.3 is 5.97 Å². The highest BCUT2D eigenvalue weighted by atomic mass is 32.1. The molecule has 0 bridgehead atoms. The van der Waals surface area contributed by atoms with Crippen molar-refractivity contribution in [3.8, 4) is 11.5 Å². The summed E-state index contributed by atoms with van der Waals surface area (Å²) < 4.78 is 0. The molecule has 4 rings (SSSR count). The van der Waals surface area contributed by atoms with Crippen LogP contribution in [0, 0.1) is 6.92 Å². The number of carboxylic acids is 1. The van der Waals surface area contributed by atoms with Gasteiger partial charge in [-0.1, -0.05) is 6.07 Å². The predicted molar refractivity (Wildman–Crippen MR) is 109 cm³/mol. The summed E-state index contributed by atoms with van der Waals surface area (Å²) in [7, 11) is 0. The maximum absolute atomic E-state index is 11.0. The molecule has 144 valence electrons. The Hall–Kier alpha value is -3.52. The zero-order valence-corrected chi connectivity index (χ0v) is 16.4. The van der Waals surface area contributed by atoms with Crippen molar-refractivity contribution in [2.75, 3.05) is 0 Å². The van der Waals surface area contributed by atoms with Crippen molar-refractivity contribution in [3.63, 3.8) is 0 Å². The molecule has 0 aromatic carbocycles. The standard InChI is InChI=1S/C21H17N5O2S/c1-13-3-2-4-17(24-13)20-23-8-6-16(26-20)11-15-5-7-22-19(25-15)10-14-9-18(21(27)28)29-12-14/h2-9,12H,10-11H2,1H3,(H,27,28). The average molecular weight is 403 g/mol. The molecule has 29 heavy (non-hydrogen) atoms. The summed E-state index contributed by atoms with van der Waals surface area (Å²) in [4.78, 5) is 33.7. The largest absolute Gasteiger partial charge is 0.477 e. The van der Waals surface area contributed by atoms with E-state index in [0.29, 0.717) is 29.4 Å². The Kier molecular flexibility index (Phi) is 5.35. The molecule has 0 spiro atoms. The van der Waals surface area contributed by atoms with Crippen LogP contribution in [0.5, 0.6) is 0 Å². The van der Waals surface area contributed by atoms with Crippen LogP contribution in [0.2, 0.25) is 0 Å². The number of pyridine rings is 1. The van der Waals surface area contributed by atoms with Crippen molar-refractivity contribution in [3.05, 3.63) is 87.5 Å². The quantitative estimate of drug-likeness (QED) is 0.525. The Morgan fingerprint density at radius 1 is 1.00 bits per heavy atom. The number of aromatic carboxylic acids is 1. The Morgan fingerprint density at radius 2 is 1.79 bits per heavy atom. The van der Waals surface area contributed by atoms with Gasteiger partial charge in [0.2, 0.25) is 0 Å². The van der Waals surface area contributed by atoms with Crippen LogP contribution < -0.4 is 0 Å². The van der Waals surface area contributed by atoms with Gasteiger partial charge in [-0.3, -0.25) is 0 Å². The first kappa shape index (κ1) is 18.8. The van der Waals surface area contributed by atoms with E-state index in [-0.39, 0.29) is 0 Å². The van der Waals surface area contributed by atoms with Gasteiger partial charge in [0.15, 0.2) is 5.82 Å². The molecule has 0 aliphatic heterocycles. The van der Waals surface area contributed by atoms with Crippen LogP contribution >= 0.6 is 11.3 Å². The number of rotatable bonds is 6. The highest BCUT2D eigenvalue weighted by molar-refractivity contribution is 7.12. The number of hydrogen-bond acceptors (Lipinski definition) is 7. The second-order valence-corrected chi connectivity index (χ2v) is 7.39. The summed E-state index contributed by atoms with van der Waals surface area (Å²) in [6.45, 7) is 1.93. The molecule has 4 heterocycles. The number of aromatic nitrogens is 5. The Labute approximate surface area is 171 Å². The normalized spacial score (nSPS) is 10.8. The molecule has 4 aromatic rings. The summed E-state index contributed by atoms with van der Waals surface area (Å²) >= 11 is 1.21. The first-order chi connectivity index (χ1) is 14.1. The van der Waals surface area contributed by atoms with Gasteiger partial charge in [-0.2, -0.15) is 0 Å². The third-order valence-electron chi connectivity index (χ3n) is 4.18. The van der Waals surface area contributed by atoms with E-state index >= 15 is 0 Å². The van der Waals surface area contributed by atoms with Crippen molar-refractivity contribution in [2.45, 2.75) is 19.8 Å². The zero-order valence-electron chi connectivity index (χ0n) is 15.6. The van der Waals surface area contributed by atoms with Crippen LogP contribution in [0.4, 0.5) is 0 Å². The first-order valence-electron chi connectivity index (χ1n) is 8.94. The predicted octanol–water partition coefficient (Wildman–Crippen LogP) is 3.58. The number of hydrogen-bond donors (Lipinski definition) is 1. The Balaban J connectivity index is 1.52. The van der Waals surface area contributed by atoms with E-state index in [9.17, 15) is 4.79 Å². The minimum Gasteiger partial charge on any atom is -0.477 e. The highest BCUT2D eigenvalue weighted by Gasteiger charge is 2.10. The second kappa shape index (κ2) is 8.24. The number of nitrogens with zero attached hydrogens (tertiary/aromatic N) is 5. The van der Waals surface area contributed by atoms with Crippen LogP contribution in [-0.2, 0) is 12.8 Å². The molecule has 7 nitrogen and oxygen atoms in total. The van der Waals surface area contributed by atoms with Gasteiger partial charge in [0, 0.05) is 30.9 Å². The molecule has 0 atom stereocenters. The molecule has 0 unspecified atom stereocenters. The summed E-state index contributed by atoms with van der Waals surface area (Å²) in [6.07, 6.45) is 4.47. The fourth-order valence-electron chi connectivity index (χ4n) is 2.86. The highest BCUT2D eigenvalue weighted by Crippen LogP contribution is 2.17. The molecule has 8 heteroatoms. The monoisotopic (exact) mass is 403 g/mol. The summed E-state index contributed by atoms with van der Waals surface area (Å²) in [5.41, 5.74) is 4.22. The Bertz CT molecular complexity index is 1170. The van der Waals surface area contributed by atoms with Gasteiger partial charge in [0.25, 0.3) is 0 Å². The second-order valence-electron chi connectivity index (χ2n) is 6.48. The maximum Gasteiger partial charge on any atom is 0.345 e. The zero-order chi connectivity index (χ0) is 20.2. The van der Waals surface area contributed by atoms with E-state index in [1.807, 2.05) is 42.6 Å². The molecule has 0 saturated heterocycles. The van der Waals surface area contributed by atoms with Crippen molar-refractivity contribution >= 4 is 17.3 Å². The smallest absolute Gasteiger partial charge is 0.345 e. The fraction of sp³-hybridized carbons (Fsp3) is 0.143. The minimum atomic E-state index is -0.918. The van der Waals surface area contributed by atoms with Crippen molar-refractivity contribution in [1.29, 1.82) is 0 Å². The molecular formula is C21H17N5O2S. The number of aryl methyl sites for hydroxylation is 1. The fourth-order valence-corrected chi connectivity index (χ4v) is 3.61. The third-order valence-corrected chi connectivity index (χ3v) is 5.15. The summed E-state index contributed by atoms with van der Waals surface area (Å²) in [5.74, 6) is 0.311. The molecule has 0 aliphatic carbocycles. The first-order valence-corrected chi connectivity index (χ1v) is 9.82. The minimum absolute atomic E-state index is 0.314. The van der Waals surface area contributed by atoms with Crippen LogP contribution in [0.15, 0.2) is 54.2 Å².